The molecule has 0 aliphatic carbocycles. The number of rotatable bonds is 5. The standard InChI is InChI=1S/C21H25N7O.C2H6/c1-21(2,29)6-3-16-12-26-19(28-20-14-24-17(10-22)13-27-20)9-18(16)25-11-15-4-7-23-8-5-15;1-2/h9,12-15,23,29H,4-5,7-8,11H2,1-2H3,(H2,25,26,27,28);1-2H3. The van der Waals surface area contributed by atoms with E-state index in [4.69, 9.17) is 5.26 Å². The fourth-order valence-corrected chi connectivity index (χ4v) is 2.91. The number of hydrogen-bond donors (Lipinski definition) is 4. The van der Waals surface area contributed by atoms with E-state index in [1.54, 1.807) is 20.0 Å². The summed E-state index contributed by atoms with van der Waals surface area (Å²) in [4.78, 5) is 12.6. The van der Waals surface area contributed by atoms with Gasteiger partial charge in [-0.05, 0) is 45.7 Å². The van der Waals surface area contributed by atoms with Crippen LogP contribution >= 0.6 is 0 Å². The van der Waals surface area contributed by atoms with Crippen molar-refractivity contribution >= 4 is 17.3 Å². The average Bonchev–Trinajstić information content (AvgIpc) is 2.79. The van der Waals surface area contributed by atoms with Crippen molar-refractivity contribution in [3.05, 3.63) is 35.9 Å². The first-order valence-corrected chi connectivity index (χ1v) is 10.6. The Labute approximate surface area is 184 Å². The number of aromatic nitrogens is 3. The number of piperidine rings is 1. The second-order valence-electron chi connectivity index (χ2n) is 7.52. The van der Waals surface area contributed by atoms with Crippen LogP contribution in [-0.2, 0) is 0 Å². The molecule has 8 heteroatoms. The maximum absolute atomic E-state index is 9.92. The van der Waals surface area contributed by atoms with E-state index >= 15 is 0 Å². The predicted octanol–water partition coefficient (Wildman–Crippen LogP) is 3.05. The van der Waals surface area contributed by atoms with E-state index in [1.165, 1.54) is 12.4 Å². The lowest BCUT2D eigenvalue weighted by Crippen LogP contribution is -2.31. The largest absolute Gasteiger partial charge is 0.384 e. The van der Waals surface area contributed by atoms with Crippen molar-refractivity contribution in [3.63, 3.8) is 0 Å². The van der Waals surface area contributed by atoms with Crippen LogP contribution in [0.25, 0.3) is 0 Å². The van der Waals surface area contributed by atoms with Gasteiger partial charge in [0, 0.05) is 18.8 Å². The van der Waals surface area contributed by atoms with Crippen LogP contribution in [0.5, 0.6) is 0 Å². The van der Waals surface area contributed by atoms with E-state index in [0.29, 0.717) is 17.6 Å². The van der Waals surface area contributed by atoms with Crippen LogP contribution in [0, 0.1) is 29.1 Å². The highest BCUT2D eigenvalue weighted by Crippen LogP contribution is 2.22. The number of aliphatic hydroxyl groups is 1. The van der Waals surface area contributed by atoms with E-state index in [9.17, 15) is 5.11 Å². The van der Waals surface area contributed by atoms with Crippen LogP contribution in [0.2, 0.25) is 0 Å². The van der Waals surface area contributed by atoms with E-state index < -0.39 is 5.60 Å². The zero-order valence-electron chi connectivity index (χ0n) is 18.7. The smallest absolute Gasteiger partial charge is 0.158 e. The quantitative estimate of drug-likeness (QED) is 0.544. The molecule has 0 spiro atoms. The normalized spacial score (nSPS) is 13.7. The Bertz CT molecular complexity index is 928. The molecule has 1 saturated heterocycles. The molecule has 0 amide bonds. The van der Waals surface area contributed by atoms with Crippen molar-refractivity contribution in [2.75, 3.05) is 30.3 Å². The summed E-state index contributed by atoms with van der Waals surface area (Å²) < 4.78 is 0. The van der Waals surface area contributed by atoms with Crippen LogP contribution in [0.3, 0.4) is 0 Å². The molecule has 3 heterocycles. The number of nitrogens with one attached hydrogen (secondary N) is 3. The van der Waals surface area contributed by atoms with Gasteiger partial charge in [0.1, 0.15) is 23.3 Å². The molecule has 31 heavy (non-hydrogen) atoms. The maximum Gasteiger partial charge on any atom is 0.158 e. The van der Waals surface area contributed by atoms with E-state index in [1.807, 2.05) is 26.0 Å². The zero-order valence-corrected chi connectivity index (χ0v) is 18.7. The lowest BCUT2D eigenvalue weighted by Gasteiger charge is -2.23. The van der Waals surface area contributed by atoms with Crippen LogP contribution < -0.4 is 16.0 Å². The zero-order chi connectivity index (χ0) is 22.7. The van der Waals surface area contributed by atoms with Crippen molar-refractivity contribution in [2.45, 2.75) is 46.1 Å². The summed E-state index contributed by atoms with van der Waals surface area (Å²) in [6, 6.07) is 3.81. The maximum atomic E-state index is 9.92. The number of nitrogens with zero attached hydrogens (tertiary/aromatic N) is 4. The molecule has 4 N–H and O–H groups in total. The molecule has 0 atom stereocenters. The molecule has 1 fully saturated rings. The summed E-state index contributed by atoms with van der Waals surface area (Å²) in [5.74, 6) is 7.54. The summed E-state index contributed by atoms with van der Waals surface area (Å²) in [5.41, 5.74) is 0.739. The third-order valence-electron chi connectivity index (χ3n) is 4.47. The molecule has 2 aromatic heterocycles. The predicted molar refractivity (Wildman–Crippen MR) is 123 cm³/mol. The van der Waals surface area contributed by atoms with E-state index in [2.05, 4.69) is 42.7 Å². The Morgan fingerprint density at radius 3 is 2.45 bits per heavy atom. The van der Waals surface area contributed by atoms with Gasteiger partial charge in [-0.1, -0.05) is 25.7 Å². The lowest BCUT2D eigenvalue weighted by atomic mass is 9.98. The molecular formula is C23H31N7O. The summed E-state index contributed by atoms with van der Waals surface area (Å²) >= 11 is 0. The minimum absolute atomic E-state index is 0.255. The first kappa shape index (κ1) is 24.1. The third kappa shape index (κ3) is 8.21. The molecule has 1 aliphatic rings. The van der Waals surface area contributed by atoms with Crippen LogP contribution in [0.4, 0.5) is 17.3 Å². The van der Waals surface area contributed by atoms with Gasteiger partial charge in [-0.15, -0.1) is 0 Å². The number of hydrogen-bond acceptors (Lipinski definition) is 8. The van der Waals surface area contributed by atoms with Crippen LogP contribution in [0.1, 0.15) is 51.8 Å². The van der Waals surface area contributed by atoms with Crippen LogP contribution in [-0.4, -0.2) is 45.3 Å². The minimum Gasteiger partial charge on any atom is -0.384 e. The second kappa shape index (κ2) is 11.8. The molecule has 0 unspecified atom stereocenters. The number of pyridine rings is 1. The summed E-state index contributed by atoms with van der Waals surface area (Å²) in [7, 11) is 0. The van der Waals surface area contributed by atoms with Gasteiger partial charge in [0.15, 0.2) is 5.69 Å². The van der Waals surface area contributed by atoms with Gasteiger partial charge in [0.05, 0.1) is 23.6 Å². The molecule has 0 saturated carbocycles. The molecule has 0 radical (unpaired) electrons. The number of nitriles is 1. The molecule has 8 nitrogen and oxygen atoms in total. The summed E-state index contributed by atoms with van der Waals surface area (Å²) in [5, 5.41) is 28.7. The fraction of sp³-hybridized carbons (Fsp3) is 0.478. The Balaban J connectivity index is 0.00000166. The molecule has 1 aliphatic heterocycles. The van der Waals surface area contributed by atoms with Crippen molar-refractivity contribution in [3.8, 4) is 17.9 Å². The van der Waals surface area contributed by atoms with Crippen molar-refractivity contribution in [1.82, 2.24) is 20.3 Å². The van der Waals surface area contributed by atoms with E-state index in [-0.39, 0.29) is 5.69 Å². The fourth-order valence-electron chi connectivity index (χ4n) is 2.91. The molecular weight excluding hydrogens is 390 g/mol. The minimum atomic E-state index is -1.08. The Morgan fingerprint density at radius 1 is 1.13 bits per heavy atom. The highest BCUT2D eigenvalue weighted by Gasteiger charge is 2.14. The summed E-state index contributed by atoms with van der Waals surface area (Å²) in [6.45, 7) is 10.2. The molecule has 0 bridgehead atoms. The van der Waals surface area contributed by atoms with E-state index in [0.717, 1.165) is 43.7 Å². The SMILES string of the molecule is CC.CC(C)(O)C#Cc1cnc(Nc2cnc(C#N)cn2)cc1NCC1CCNCC1. The second-order valence-corrected chi connectivity index (χ2v) is 7.52. The van der Waals surface area contributed by atoms with Gasteiger partial charge in [-0.3, -0.25) is 0 Å². The first-order chi connectivity index (χ1) is 14.9. The first-order valence-electron chi connectivity index (χ1n) is 10.6. The van der Waals surface area contributed by atoms with Gasteiger partial charge < -0.3 is 21.1 Å². The lowest BCUT2D eigenvalue weighted by molar-refractivity contribution is 0.143. The third-order valence-corrected chi connectivity index (χ3v) is 4.47. The monoisotopic (exact) mass is 421 g/mol. The number of anilines is 3. The molecule has 2 aromatic rings. The molecule has 0 aromatic carbocycles. The van der Waals surface area contributed by atoms with Crippen molar-refractivity contribution < 1.29 is 5.11 Å². The Morgan fingerprint density at radius 2 is 1.84 bits per heavy atom. The molecule has 3 rings (SSSR count). The van der Waals surface area contributed by atoms with Crippen molar-refractivity contribution in [2.24, 2.45) is 5.92 Å². The topological polar surface area (TPSA) is 119 Å². The van der Waals surface area contributed by atoms with Gasteiger partial charge in [0.2, 0.25) is 0 Å². The van der Waals surface area contributed by atoms with Gasteiger partial charge >= 0.3 is 0 Å². The van der Waals surface area contributed by atoms with Gasteiger partial charge in [0.25, 0.3) is 0 Å². The summed E-state index contributed by atoms with van der Waals surface area (Å²) in [6.07, 6.45) is 6.83. The average molecular weight is 422 g/mol. The van der Waals surface area contributed by atoms with Crippen molar-refractivity contribution in [1.29, 1.82) is 5.26 Å². The Kier molecular flexibility index (Phi) is 9.20. The molecule has 164 valence electrons. The Hall–Kier alpha value is -3.20. The highest BCUT2D eigenvalue weighted by atomic mass is 16.3. The van der Waals surface area contributed by atoms with Gasteiger partial charge in [-0.25, -0.2) is 15.0 Å². The highest BCUT2D eigenvalue weighted by molar-refractivity contribution is 5.65. The van der Waals surface area contributed by atoms with Gasteiger partial charge in [-0.2, -0.15) is 5.26 Å². The van der Waals surface area contributed by atoms with Crippen LogP contribution in [0.15, 0.2) is 24.7 Å².